The van der Waals surface area contributed by atoms with E-state index in [0.29, 0.717) is 17.7 Å². The molecule has 0 bridgehead atoms. The van der Waals surface area contributed by atoms with Crippen LogP contribution in [-0.2, 0) is 16.4 Å². The molecule has 1 aliphatic carbocycles. The van der Waals surface area contributed by atoms with Gasteiger partial charge in [0.05, 0.1) is 18.0 Å². The molecule has 0 spiro atoms. The topological polar surface area (TPSA) is 72.5 Å². The number of Topliss-reactive ketones (excluding diaryl/α,β-unsaturated/α-hetero) is 1. The normalized spacial score (nSPS) is 17.1. The average molecular weight is 436 g/mol. The molecular formula is C25H25NO4S. The van der Waals surface area contributed by atoms with Crippen LogP contribution in [0.15, 0.2) is 77.7 Å². The first-order valence-corrected chi connectivity index (χ1v) is 11.7. The zero-order valence-electron chi connectivity index (χ0n) is 17.5. The summed E-state index contributed by atoms with van der Waals surface area (Å²) >= 11 is 0. The Morgan fingerprint density at radius 1 is 0.968 bits per heavy atom. The highest BCUT2D eigenvalue weighted by Gasteiger charge is 2.36. The van der Waals surface area contributed by atoms with Gasteiger partial charge in [-0.3, -0.25) is 4.79 Å². The second-order valence-electron chi connectivity index (χ2n) is 7.85. The fourth-order valence-electron chi connectivity index (χ4n) is 4.08. The van der Waals surface area contributed by atoms with E-state index in [1.807, 2.05) is 43.3 Å². The number of ether oxygens (including phenoxy) is 1. The van der Waals surface area contributed by atoms with Crippen molar-refractivity contribution in [2.45, 2.75) is 30.7 Å². The van der Waals surface area contributed by atoms with Gasteiger partial charge in [-0.1, -0.05) is 54.1 Å². The molecule has 1 N–H and O–H groups in total. The molecule has 31 heavy (non-hydrogen) atoms. The molecule has 5 nitrogen and oxygen atoms in total. The summed E-state index contributed by atoms with van der Waals surface area (Å²) in [5.41, 5.74) is 3.39. The number of sulfonamides is 1. The van der Waals surface area contributed by atoms with E-state index in [2.05, 4.69) is 4.72 Å². The summed E-state index contributed by atoms with van der Waals surface area (Å²) in [6.07, 6.45) is 1.30. The fraction of sp³-hybridized carbons (Fsp3) is 0.240. The van der Waals surface area contributed by atoms with E-state index >= 15 is 0 Å². The minimum Gasteiger partial charge on any atom is -0.497 e. The number of nitrogens with one attached hydrogen (secondary N) is 1. The number of carbonyl (C=O) groups is 1. The number of ketones is 1. The van der Waals surface area contributed by atoms with Crippen molar-refractivity contribution in [1.82, 2.24) is 4.72 Å². The lowest BCUT2D eigenvalue weighted by atomic mass is 9.77. The number of benzene rings is 3. The average Bonchev–Trinajstić information content (AvgIpc) is 2.79. The predicted molar refractivity (Wildman–Crippen MR) is 120 cm³/mol. The SMILES string of the molecule is COc1ccc([C@@H](NS(=O)(=O)c2ccc(C)cc2)[C@@H]2CCc3ccccc3C2=O)cc1. The Hall–Kier alpha value is -2.96. The van der Waals surface area contributed by atoms with Crippen molar-refractivity contribution < 1.29 is 17.9 Å². The summed E-state index contributed by atoms with van der Waals surface area (Å²) in [7, 11) is -2.25. The van der Waals surface area contributed by atoms with Gasteiger partial charge in [-0.2, -0.15) is 0 Å². The number of rotatable bonds is 6. The summed E-state index contributed by atoms with van der Waals surface area (Å²) in [6.45, 7) is 1.90. The molecule has 0 radical (unpaired) electrons. The van der Waals surface area contributed by atoms with Crippen LogP contribution < -0.4 is 9.46 Å². The summed E-state index contributed by atoms with van der Waals surface area (Å²) in [5, 5.41) is 0. The summed E-state index contributed by atoms with van der Waals surface area (Å²) in [5.74, 6) is 0.141. The van der Waals surface area contributed by atoms with Crippen LogP contribution in [0, 0.1) is 12.8 Å². The van der Waals surface area contributed by atoms with Crippen molar-refractivity contribution in [3.63, 3.8) is 0 Å². The van der Waals surface area contributed by atoms with Crippen molar-refractivity contribution >= 4 is 15.8 Å². The summed E-state index contributed by atoms with van der Waals surface area (Å²) in [4.78, 5) is 13.5. The first kappa shape index (κ1) is 21.3. The molecule has 3 aromatic rings. The lowest BCUT2D eigenvalue weighted by Gasteiger charge is -2.31. The number of aryl methyl sites for hydroxylation is 2. The van der Waals surface area contributed by atoms with Crippen LogP contribution in [0.4, 0.5) is 0 Å². The molecule has 0 saturated heterocycles. The minimum absolute atomic E-state index is 0.0331. The van der Waals surface area contributed by atoms with Crippen molar-refractivity contribution in [2.75, 3.05) is 7.11 Å². The highest BCUT2D eigenvalue weighted by Crippen LogP contribution is 2.36. The molecular weight excluding hydrogens is 410 g/mol. The second-order valence-corrected chi connectivity index (χ2v) is 9.57. The summed E-state index contributed by atoms with van der Waals surface area (Å²) < 4.78 is 34.5. The van der Waals surface area contributed by atoms with Crippen molar-refractivity contribution in [2.24, 2.45) is 5.92 Å². The van der Waals surface area contributed by atoms with Crippen molar-refractivity contribution in [1.29, 1.82) is 0 Å². The molecule has 160 valence electrons. The van der Waals surface area contributed by atoms with Crippen LogP contribution in [0.1, 0.15) is 39.5 Å². The van der Waals surface area contributed by atoms with Crippen LogP contribution in [0.2, 0.25) is 0 Å². The minimum atomic E-state index is -3.82. The van der Waals surface area contributed by atoms with Gasteiger partial charge >= 0.3 is 0 Å². The Balaban J connectivity index is 1.73. The Morgan fingerprint density at radius 2 is 1.65 bits per heavy atom. The first-order valence-electron chi connectivity index (χ1n) is 10.2. The maximum Gasteiger partial charge on any atom is 0.241 e. The van der Waals surface area contributed by atoms with E-state index in [0.717, 1.165) is 23.1 Å². The predicted octanol–water partition coefficient (Wildman–Crippen LogP) is 4.47. The Kier molecular flexibility index (Phi) is 5.94. The van der Waals surface area contributed by atoms with Gasteiger partial charge < -0.3 is 4.74 Å². The molecule has 0 aromatic heterocycles. The lowest BCUT2D eigenvalue weighted by molar-refractivity contribution is 0.0875. The van der Waals surface area contributed by atoms with Gasteiger partial charge in [-0.05, 0) is 55.2 Å². The Morgan fingerprint density at radius 3 is 2.32 bits per heavy atom. The van der Waals surface area contributed by atoms with Gasteiger partial charge in [-0.15, -0.1) is 0 Å². The smallest absolute Gasteiger partial charge is 0.241 e. The van der Waals surface area contributed by atoms with Crippen LogP contribution in [0.5, 0.6) is 5.75 Å². The van der Waals surface area contributed by atoms with Crippen LogP contribution >= 0.6 is 0 Å². The molecule has 4 rings (SSSR count). The molecule has 3 aromatic carbocycles. The maximum atomic E-state index is 13.4. The molecule has 0 fully saturated rings. The summed E-state index contributed by atoms with van der Waals surface area (Å²) in [6, 6.07) is 20.8. The Labute approximate surface area is 183 Å². The zero-order chi connectivity index (χ0) is 22.0. The third-order valence-corrected chi connectivity index (χ3v) is 7.29. The van der Waals surface area contributed by atoms with E-state index in [-0.39, 0.29) is 10.7 Å². The van der Waals surface area contributed by atoms with Gasteiger partial charge in [0.2, 0.25) is 10.0 Å². The molecule has 0 aliphatic heterocycles. The van der Waals surface area contributed by atoms with E-state index in [1.165, 1.54) is 0 Å². The largest absolute Gasteiger partial charge is 0.497 e. The molecule has 1 aliphatic rings. The second kappa shape index (κ2) is 8.65. The highest BCUT2D eigenvalue weighted by atomic mass is 32.2. The third-order valence-electron chi connectivity index (χ3n) is 5.83. The molecule has 0 saturated carbocycles. The first-order chi connectivity index (χ1) is 14.9. The zero-order valence-corrected chi connectivity index (χ0v) is 18.4. The van der Waals surface area contributed by atoms with Crippen LogP contribution in [-0.4, -0.2) is 21.3 Å². The molecule has 2 atom stereocenters. The fourth-order valence-corrected chi connectivity index (χ4v) is 5.35. The number of methoxy groups -OCH3 is 1. The quantitative estimate of drug-likeness (QED) is 0.620. The Bertz CT molecular complexity index is 1180. The molecule has 6 heteroatoms. The third kappa shape index (κ3) is 4.40. The van der Waals surface area contributed by atoms with Gasteiger partial charge in [0.25, 0.3) is 0 Å². The molecule has 0 heterocycles. The molecule has 0 unspecified atom stereocenters. The van der Waals surface area contributed by atoms with Crippen LogP contribution in [0.25, 0.3) is 0 Å². The van der Waals surface area contributed by atoms with E-state index in [1.54, 1.807) is 43.5 Å². The number of hydrogen-bond donors (Lipinski definition) is 1. The van der Waals surface area contributed by atoms with Crippen molar-refractivity contribution in [3.05, 3.63) is 95.1 Å². The molecule has 0 amide bonds. The van der Waals surface area contributed by atoms with Gasteiger partial charge in [0.1, 0.15) is 5.75 Å². The maximum absolute atomic E-state index is 13.4. The number of hydrogen-bond acceptors (Lipinski definition) is 4. The highest BCUT2D eigenvalue weighted by molar-refractivity contribution is 7.89. The monoisotopic (exact) mass is 435 g/mol. The number of carbonyl (C=O) groups excluding carboxylic acids is 1. The lowest BCUT2D eigenvalue weighted by Crippen LogP contribution is -2.39. The van der Waals surface area contributed by atoms with Gasteiger partial charge in [0, 0.05) is 11.5 Å². The van der Waals surface area contributed by atoms with E-state index in [9.17, 15) is 13.2 Å². The van der Waals surface area contributed by atoms with Gasteiger partial charge in [-0.25, -0.2) is 13.1 Å². The van der Waals surface area contributed by atoms with E-state index in [4.69, 9.17) is 4.74 Å². The number of fused-ring (bicyclic) bond motifs is 1. The van der Waals surface area contributed by atoms with Crippen LogP contribution in [0.3, 0.4) is 0 Å². The standard InChI is InChI=1S/C25H25NO4S/c1-17-7-14-21(15-8-17)31(28,29)26-24(19-9-12-20(30-2)13-10-19)23-16-11-18-5-3-4-6-22(18)25(23)27/h3-10,12-15,23-24,26H,11,16H2,1-2H3/t23-,24+/m0/s1. The van der Waals surface area contributed by atoms with Crippen molar-refractivity contribution in [3.8, 4) is 5.75 Å². The van der Waals surface area contributed by atoms with E-state index < -0.39 is 22.0 Å². The van der Waals surface area contributed by atoms with Gasteiger partial charge in [0.15, 0.2) is 5.78 Å².